The van der Waals surface area contributed by atoms with Crippen LogP contribution in [0.4, 0.5) is 0 Å². The third-order valence-electron chi connectivity index (χ3n) is 3.60. The summed E-state index contributed by atoms with van der Waals surface area (Å²) < 4.78 is 0. The molecule has 0 aromatic rings. The van der Waals surface area contributed by atoms with Crippen molar-refractivity contribution in [1.82, 2.24) is 0 Å². The quantitative estimate of drug-likeness (QED) is 0.287. The van der Waals surface area contributed by atoms with E-state index in [1.807, 2.05) is 6.92 Å². The van der Waals surface area contributed by atoms with Crippen LogP contribution in [0.1, 0.15) is 84.5 Å². The molecule has 3 N–H and O–H groups in total. The topological polar surface area (TPSA) is 60.7 Å². The van der Waals surface area contributed by atoms with Crippen LogP contribution in [0.2, 0.25) is 0 Å². The second kappa shape index (κ2) is 13.3. The zero-order valence-electron chi connectivity index (χ0n) is 12.5. The fraction of sp³-hybridized carbons (Fsp3) is 1.00. The Morgan fingerprint density at radius 2 is 1.16 bits per heavy atom. The first-order valence-electron chi connectivity index (χ1n) is 7.59. The van der Waals surface area contributed by atoms with E-state index in [0.29, 0.717) is 12.8 Å². The molecule has 0 amide bonds. The average molecular weight is 342 g/mol. The molecule has 0 fully saturated rings. The first-order valence-corrected chi connectivity index (χ1v) is 7.59. The highest BCUT2D eigenvalue weighted by Gasteiger charge is 2.31. The summed E-state index contributed by atoms with van der Waals surface area (Å²) in [5, 5.41) is 27.1. The summed E-state index contributed by atoms with van der Waals surface area (Å²) in [6, 6.07) is -0.477. The second-order valence-corrected chi connectivity index (χ2v) is 5.29. The first-order chi connectivity index (χ1) is 8.52. The lowest BCUT2D eigenvalue weighted by Gasteiger charge is -2.21. The normalized spacial score (nSPS) is 13.1. The lowest BCUT2D eigenvalue weighted by molar-refractivity contribution is -1.38. The van der Waals surface area contributed by atoms with Crippen LogP contribution >= 0.6 is 0 Å². The van der Waals surface area contributed by atoms with Gasteiger partial charge < -0.3 is 17.0 Å². The van der Waals surface area contributed by atoms with Gasteiger partial charge in [-0.2, -0.15) is 0 Å². The van der Waals surface area contributed by atoms with E-state index in [1.54, 1.807) is 0 Å². The fourth-order valence-electron chi connectivity index (χ4n) is 2.31. The van der Waals surface area contributed by atoms with Crippen molar-refractivity contribution in [3.8, 4) is 0 Å². The molecule has 0 heterocycles. The van der Waals surface area contributed by atoms with Gasteiger partial charge in [0, 0.05) is 12.8 Å². The lowest BCUT2D eigenvalue weighted by atomic mass is 10.0. The molecule has 0 aliphatic heterocycles. The Bertz CT molecular complexity index is 186. The third kappa shape index (κ3) is 13.1. The van der Waals surface area contributed by atoms with Crippen molar-refractivity contribution in [1.29, 1.82) is 0 Å². The van der Waals surface area contributed by atoms with E-state index in [1.165, 1.54) is 44.9 Å². The fourth-order valence-corrected chi connectivity index (χ4v) is 2.31. The number of nitrogens with zero attached hydrogens (tertiary/aromatic N) is 1. The number of quaternary nitrogens is 1. The second-order valence-electron chi connectivity index (χ2n) is 5.29. The van der Waals surface area contributed by atoms with Gasteiger partial charge in [-0.3, -0.25) is 0 Å². The van der Waals surface area contributed by atoms with Gasteiger partial charge in [0.2, 0.25) is 0 Å². The van der Waals surface area contributed by atoms with Crippen LogP contribution in [0.5, 0.6) is 0 Å². The van der Waals surface area contributed by atoms with E-state index < -0.39 is 11.0 Å². The molecule has 0 aliphatic carbocycles. The highest BCUT2D eigenvalue weighted by Crippen LogP contribution is 2.16. The van der Waals surface area contributed by atoms with E-state index in [4.69, 9.17) is 15.6 Å². The summed E-state index contributed by atoms with van der Waals surface area (Å²) in [5.41, 5.74) is 0. The van der Waals surface area contributed by atoms with Crippen LogP contribution < -0.4 is 17.0 Å². The van der Waals surface area contributed by atoms with Gasteiger partial charge in [-0.15, -0.1) is 15.6 Å². The molecule has 1 unspecified atom stereocenters. The SMILES string of the molecule is CCCCCCCCCCCC(CC)[N+](O)(O)O.[Br-]. The van der Waals surface area contributed by atoms with Crippen LogP contribution in [0, 0.1) is 0 Å². The lowest BCUT2D eigenvalue weighted by Crippen LogP contribution is -3.00. The Morgan fingerprint density at radius 3 is 1.53 bits per heavy atom. The zero-order valence-corrected chi connectivity index (χ0v) is 14.1. The summed E-state index contributed by atoms with van der Waals surface area (Å²) in [6.07, 6.45) is 12.4. The predicted molar refractivity (Wildman–Crippen MR) is 71.5 cm³/mol. The van der Waals surface area contributed by atoms with Crippen LogP contribution in [-0.2, 0) is 0 Å². The van der Waals surface area contributed by atoms with E-state index in [2.05, 4.69) is 6.92 Å². The van der Waals surface area contributed by atoms with Crippen LogP contribution in [0.15, 0.2) is 0 Å². The Labute approximate surface area is 128 Å². The highest BCUT2D eigenvalue weighted by molar-refractivity contribution is 4.53. The summed E-state index contributed by atoms with van der Waals surface area (Å²) >= 11 is 0. The van der Waals surface area contributed by atoms with Gasteiger partial charge in [0.05, 0.1) is 4.97 Å². The summed E-state index contributed by atoms with van der Waals surface area (Å²) in [7, 11) is 0. The van der Waals surface area contributed by atoms with Gasteiger partial charge in [-0.1, -0.05) is 65.2 Å². The van der Waals surface area contributed by atoms with Gasteiger partial charge >= 0.3 is 0 Å². The highest BCUT2D eigenvalue weighted by atomic mass is 79.9. The van der Waals surface area contributed by atoms with Gasteiger partial charge in [0.15, 0.2) is 6.04 Å². The predicted octanol–water partition coefficient (Wildman–Crippen LogP) is 1.67. The molecule has 0 radical (unpaired) electrons. The molecule has 4 nitrogen and oxygen atoms in total. The molecule has 0 aromatic carbocycles. The smallest absolute Gasteiger partial charge is 0.186 e. The molecule has 0 bridgehead atoms. The van der Waals surface area contributed by atoms with Crippen LogP contribution in [-0.4, -0.2) is 26.6 Å². The summed E-state index contributed by atoms with van der Waals surface area (Å²) in [4.78, 5) is -1.87. The summed E-state index contributed by atoms with van der Waals surface area (Å²) in [6.45, 7) is 4.08. The molecule has 5 heteroatoms. The Hall–Kier alpha value is 0.320. The minimum Gasteiger partial charge on any atom is -1.00 e. The summed E-state index contributed by atoms with van der Waals surface area (Å²) in [5.74, 6) is 0. The molecule has 1 atom stereocenters. The Morgan fingerprint density at radius 1 is 0.737 bits per heavy atom. The van der Waals surface area contributed by atoms with Crippen molar-refractivity contribution in [3.05, 3.63) is 0 Å². The number of rotatable bonds is 12. The maximum atomic E-state index is 9.05. The molecule has 19 heavy (non-hydrogen) atoms. The third-order valence-corrected chi connectivity index (χ3v) is 3.60. The molecular formula is C14H32BrNO3. The molecule has 0 saturated heterocycles. The monoisotopic (exact) mass is 341 g/mol. The van der Waals surface area contributed by atoms with Crippen molar-refractivity contribution in [2.45, 2.75) is 90.5 Å². The number of halogens is 1. The van der Waals surface area contributed by atoms with Gasteiger partial charge in [-0.05, 0) is 6.42 Å². The first kappa shape index (κ1) is 21.6. The van der Waals surface area contributed by atoms with E-state index in [0.717, 1.165) is 12.8 Å². The maximum absolute atomic E-state index is 9.05. The molecule has 0 saturated carbocycles. The Balaban J connectivity index is 0. The average Bonchev–Trinajstić information content (AvgIpc) is 2.30. The molecule has 0 rings (SSSR count). The van der Waals surface area contributed by atoms with E-state index in [9.17, 15) is 0 Å². The largest absolute Gasteiger partial charge is 1.00 e. The number of hydrogen-bond acceptors (Lipinski definition) is 3. The van der Waals surface area contributed by atoms with Crippen molar-refractivity contribution < 1.29 is 37.6 Å². The number of unbranched alkanes of at least 4 members (excludes halogenated alkanes) is 8. The number of hydrogen-bond donors (Lipinski definition) is 3. The maximum Gasteiger partial charge on any atom is 0.186 e. The minimum atomic E-state index is -1.87. The Kier molecular flexibility index (Phi) is 15.1. The molecule has 0 aliphatic rings. The van der Waals surface area contributed by atoms with Crippen molar-refractivity contribution >= 4 is 0 Å². The molecule has 0 aromatic heterocycles. The van der Waals surface area contributed by atoms with Crippen molar-refractivity contribution in [2.75, 3.05) is 0 Å². The molecule has 118 valence electrons. The van der Waals surface area contributed by atoms with Crippen molar-refractivity contribution in [2.24, 2.45) is 0 Å². The zero-order chi connectivity index (χ0) is 13.9. The van der Waals surface area contributed by atoms with Crippen LogP contribution in [0.3, 0.4) is 0 Å². The minimum absolute atomic E-state index is 0. The van der Waals surface area contributed by atoms with E-state index in [-0.39, 0.29) is 17.0 Å². The van der Waals surface area contributed by atoms with E-state index >= 15 is 0 Å². The number of hydroxylamine groups is 3. The molecule has 0 spiro atoms. The van der Waals surface area contributed by atoms with Crippen LogP contribution in [0.25, 0.3) is 0 Å². The van der Waals surface area contributed by atoms with Gasteiger partial charge in [0.25, 0.3) is 0 Å². The van der Waals surface area contributed by atoms with Crippen molar-refractivity contribution in [3.63, 3.8) is 0 Å². The van der Waals surface area contributed by atoms with Gasteiger partial charge in [0.1, 0.15) is 0 Å². The molecular weight excluding hydrogens is 310 g/mol. The van der Waals surface area contributed by atoms with Gasteiger partial charge in [-0.25, -0.2) is 0 Å². The standard InChI is InChI=1S/C14H32NO3.BrH/c1-3-5-6-7-8-9-10-11-12-13-14(4-2)15(16,17)18;/h14,16-18H,3-13H2,1-2H3;1H/q+1;/p-1.